The summed E-state index contributed by atoms with van der Waals surface area (Å²) in [5.74, 6) is 0.164. The van der Waals surface area contributed by atoms with Gasteiger partial charge in [-0.1, -0.05) is 0 Å². The summed E-state index contributed by atoms with van der Waals surface area (Å²) in [5, 5.41) is 4.38. The van der Waals surface area contributed by atoms with Gasteiger partial charge in [0.05, 0.1) is 8.79 Å². The van der Waals surface area contributed by atoms with Crippen molar-refractivity contribution < 1.29 is 4.79 Å². The van der Waals surface area contributed by atoms with E-state index in [0.29, 0.717) is 6.42 Å². The van der Waals surface area contributed by atoms with Gasteiger partial charge in [-0.2, -0.15) is 0 Å². The maximum Gasteiger partial charge on any atom is 0.228 e. The van der Waals surface area contributed by atoms with Crippen LogP contribution in [0.25, 0.3) is 0 Å². The van der Waals surface area contributed by atoms with Crippen LogP contribution in [0, 0.1) is 0 Å². The highest BCUT2D eigenvalue weighted by molar-refractivity contribution is 9.11. The van der Waals surface area contributed by atoms with Crippen molar-refractivity contribution in [2.45, 2.75) is 12.5 Å². The van der Waals surface area contributed by atoms with Crippen LogP contribution in [0.15, 0.2) is 15.9 Å². The molecule has 0 spiro atoms. The number of anilines is 1. The largest absolute Gasteiger partial charge is 0.311 e. The Morgan fingerprint density at radius 1 is 1.67 bits per heavy atom. The molecule has 6 heteroatoms. The number of rotatable bonds is 3. The number of carbonyl (C=O) groups excluding carboxylic acids is 1. The van der Waals surface area contributed by atoms with Gasteiger partial charge in [-0.15, -0.1) is 11.3 Å². The van der Waals surface area contributed by atoms with Crippen LogP contribution in [0.3, 0.4) is 0 Å². The molecule has 1 fully saturated rings. The molecule has 100 valence electrons. The molecule has 1 aromatic rings. The lowest BCUT2D eigenvalue weighted by molar-refractivity contribution is -0.119. The third-order valence-electron chi connectivity index (χ3n) is 3.14. The van der Waals surface area contributed by atoms with Gasteiger partial charge in [-0.3, -0.25) is 4.79 Å². The molecular weight excluding hydrogens is 314 g/mol. The molecule has 2 rings (SSSR count). The summed E-state index contributed by atoms with van der Waals surface area (Å²) in [6.07, 6.45) is 0.552. The highest BCUT2D eigenvalue weighted by Crippen LogP contribution is 2.29. The quantitative estimate of drug-likeness (QED) is 0.916. The summed E-state index contributed by atoms with van der Waals surface area (Å²) in [6.45, 7) is 2.95. The van der Waals surface area contributed by atoms with E-state index in [1.807, 2.05) is 19.2 Å². The summed E-state index contributed by atoms with van der Waals surface area (Å²) >= 11 is 5.00. The molecule has 0 radical (unpaired) electrons. The third-order valence-corrected chi connectivity index (χ3v) is 4.84. The fourth-order valence-electron chi connectivity index (χ4n) is 2.08. The van der Waals surface area contributed by atoms with Gasteiger partial charge in [0.2, 0.25) is 5.91 Å². The van der Waals surface area contributed by atoms with Crippen molar-refractivity contribution >= 4 is 38.2 Å². The van der Waals surface area contributed by atoms with Crippen molar-refractivity contribution in [2.24, 2.45) is 0 Å². The first-order valence-corrected chi connectivity index (χ1v) is 7.61. The van der Waals surface area contributed by atoms with E-state index < -0.39 is 0 Å². The predicted octanol–water partition coefficient (Wildman–Crippen LogP) is 1.77. The van der Waals surface area contributed by atoms with Crippen LogP contribution in [-0.2, 0) is 4.79 Å². The van der Waals surface area contributed by atoms with Gasteiger partial charge in [-0.25, -0.2) is 0 Å². The van der Waals surface area contributed by atoms with Crippen LogP contribution >= 0.6 is 27.3 Å². The van der Waals surface area contributed by atoms with E-state index in [9.17, 15) is 4.79 Å². The first-order chi connectivity index (χ1) is 8.56. The van der Waals surface area contributed by atoms with E-state index in [4.69, 9.17) is 0 Å². The Morgan fingerprint density at radius 3 is 3.06 bits per heavy atom. The Labute approximate surface area is 120 Å². The molecule has 0 bridgehead atoms. The summed E-state index contributed by atoms with van der Waals surface area (Å²) in [6, 6.07) is 4.20. The van der Waals surface area contributed by atoms with Gasteiger partial charge >= 0.3 is 0 Å². The van der Waals surface area contributed by atoms with E-state index in [-0.39, 0.29) is 11.9 Å². The Balaban J connectivity index is 1.91. The number of carbonyl (C=O) groups is 1. The van der Waals surface area contributed by atoms with Crippen molar-refractivity contribution in [3.63, 3.8) is 0 Å². The molecule has 1 amide bonds. The molecule has 1 atom stereocenters. The molecule has 0 aliphatic carbocycles. The Hall–Kier alpha value is -0.430. The zero-order chi connectivity index (χ0) is 13.1. The molecule has 4 nitrogen and oxygen atoms in total. The molecule has 1 N–H and O–H groups in total. The standard InChI is InChI=1S/C12H18BrN3OS/c1-15-6-5-14-9(8-15)7-11(17)16(2)12-4-3-10(13)18-12/h3-4,9,14H,5-8H2,1-2H3. The number of nitrogens with zero attached hydrogens (tertiary/aromatic N) is 2. The first-order valence-electron chi connectivity index (χ1n) is 6.00. The maximum absolute atomic E-state index is 12.2. The van der Waals surface area contributed by atoms with Crippen LogP contribution in [0.2, 0.25) is 0 Å². The van der Waals surface area contributed by atoms with Crippen molar-refractivity contribution in [3.05, 3.63) is 15.9 Å². The summed E-state index contributed by atoms with van der Waals surface area (Å²) in [7, 11) is 3.94. The average molecular weight is 332 g/mol. The lowest BCUT2D eigenvalue weighted by Gasteiger charge is -2.31. The van der Waals surface area contributed by atoms with Crippen molar-refractivity contribution in [3.8, 4) is 0 Å². The zero-order valence-corrected chi connectivity index (χ0v) is 13.1. The monoisotopic (exact) mass is 331 g/mol. The molecule has 0 aromatic carbocycles. The molecule has 2 heterocycles. The second-order valence-corrected chi connectivity index (χ2v) is 7.09. The average Bonchev–Trinajstić information content (AvgIpc) is 2.75. The second-order valence-electron chi connectivity index (χ2n) is 4.65. The van der Waals surface area contributed by atoms with E-state index in [1.54, 1.807) is 16.2 Å². The molecule has 1 aliphatic heterocycles. The maximum atomic E-state index is 12.2. The molecule has 1 unspecified atom stereocenters. The van der Waals surface area contributed by atoms with Gasteiger partial charge < -0.3 is 15.1 Å². The van der Waals surface area contributed by atoms with Gasteiger partial charge in [-0.05, 0) is 35.1 Å². The fourth-order valence-corrected chi connectivity index (χ4v) is 3.42. The summed E-state index contributed by atoms with van der Waals surface area (Å²) in [4.78, 5) is 16.2. The number of nitrogens with one attached hydrogen (secondary N) is 1. The highest BCUT2D eigenvalue weighted by atomic mass is 79.9. The number of hydrogen-bond acceptors (Lipinski definition) is 4. The van der Waals surface area contributed by atoms with E-state index in [1.165, 1.54) is 0 Å². The number of likely N-dealkylation sites (N-methyl/N-ethyl adjacent to an activating group) is 1. The minimum Gasteiger partial charge on any atom is -0.311 e. The minimum absolute atomic E-state index is 0.164. The number of piperazine rings is 1. The third kappa shape index (κ3) is 3.54. The van der Waals surface area contributed by atoms with Crippen molar-refractivity contribution in [2.75, 3.05) is 38.6 Å². The lowest BCUT2D eigenvalue weighted by atomic mass is 10.1. The van der Waals surface area contributed by atoms with Gasteiger partial charge in [0.1, 0.15) is 0 Å². The molecular formula is C12H18BrN3OS. The number of thiophene rings is 1. The van der Waals surface area contributed by atoms with Gasteiger partial charge in [0, 0.05) is 39.1 Å². The normalized spacial score (nSPS) is 20.9. The highest BCUT2D eigenvalue weighted by Gasteiger charge is 2.22. The van der Waals surface area contributed by atoms with Crippen molar-refractivity contribution in [1.29, 1.82) is 0 Å². The second kappa shape index (κ2) is 6.14. The van der Waals surface area contributed by atoms with Crippen LogP contribution in [0.5, 0.6) is 0 Å². The molecule has 1 aliphatic rings. The smallest absolute Gasteiger partial charge is 0.228 e. The first kappa shape index (κ1) is 14.0. The minimum atomic E-state index is 0.164. The Kier molecular flexibility index (Phi) is 4.77. The number of halogens is 1. The lowest BCUT2D eigenvalue weighted by Crippen LogP contribution is -2.50. The molecule has 1 saturated heterocycles. The Morgan fingerprint density at radius 2 is 2.44 bits per heavy atom. The van der Waals surface area contributed by atoms with Crippen LogP contribution in [0.4, 0.5) is 5.00 Å². The number of amides is 1. The Bertz CT molecular complexity index is 423. The SMILES string of the molecule is CN1CCNC(CC(=O)N(C)c2ccc(Br)s2)C1. The van der Waals surface area contributed by atoms with Crippen molar-refractivity contribution in [1.82, 2.24) is 10.2 Å². The van der Waals surface area contributed by atoms with Gasteiger partial charge in [0.25, 0.3) is 0 Å². The molecule has 1 aromatic heterocycles. The zero-order valence-electron chi connectivity index (χ0n) is 10.6. The van der Waals surface area contributed by atoms with Crippen LogP contribution < -0.4 is 10.2 Å². The molecule has 18 heavy (non-hydrogen) atoms. The van der Waals surface area contributed by atoms with Gasteiger partial charge in [0.15, 0.2) is 0 Å². The van der Waals surface area contributed by atoms with E-state index in [0.717, 1.165) is 28.4 Å². The number of hydrogen-bond donors (Lipinski definition) is 1. The van der Waals surface area contributed by atoms with E-state index in [2.05, 4.69) is 33.2 Å². The predicted molar refractivity (Wildman–Crippen MR) is 79.3 cm³/mol. The van der Waals surface area contributed by atoms with E-state index >= 15 is 0 Å². The van der Waals surface area contributed by atoms with Crippen LogP contribution in [-0.4, -0.2) is 50.6 Å². The topological polar surface area (TPSA) is 35.6 Å². The molecule has 0 saturated carbocycles. The van der Waals surface area contributed by atoms with Crippen LogP contribution in [0.1, 0.15) is 6.42 Å². The fraction of sp³-hybridized carbons (Fsp3) is 0.583. The summed E-state index contributed by atoms with van der Waals surface area (Å²) < 4.78 is 1.05. The summed E-state index contributed by atoms with van der Waals surface area (Å²) in [5.41, 5.74) is 0.